The highest BCUT2D eigenvalue weighted by molar-refractivity contribution is 9.11. The van der Waals surface area contributed by atoms with Crippen LogP contribution >= 0.6 is 31.9 Å². The van der Waals surface area contributed by atoms with Gasteiger partial charge in [-0.05, 0) is 37.0 Å². The highest BCUT2D eigenvalue weighted by Crippen LogP contribution is 2.49. The van der Waals surface area contributed by atoms with Crippen LogP contribution in [0.25, 0.3) is 0 Å². The quantitative estimate of drug-likeness (QED) is 0.720. The van der Waals surface area contributed by atoms with Crippen molar-refractivity contribution in [3.8, 4) is 11.5 Å². The van der Waals surface area contributed by atoms with Crippen LogP contribution < -0.4 is 8.37 Å². The minimum Gasteiger partial charge on any atom is -0.349 e. The fourth-order valence-electron chi connectivity index (χ4n) is 1.02. The van der Waals surface area contributed by atoms with Crippen molar-refractivity contribution in [1.82, 2.24) is 0 Å². The normalized spacial score (nSPS) is 16.4. The summed E-state index contributed by atoms with van der Waals surface area (Å²) < 4.78 is 31.4. The molecule has 15 heavy (non-hydrogen) atoms. The van der Waals surface area contributed by atoms with E-state index in [0.29, 0.717) is 4.47 Å². The molecule has 1 aliphatic heterocycles. The maximum absolute atomic E-state index is 11.0. The number of hydrogen-bond donors (Lipinski definition) is 0. The molecule has 1 aliphatic rings. The third-order valence-corrected chi connectivity index (χ3v) is 3.68. The number of rotatable bonds is 1. The van der Waals surface area contributed by atoms with E-state index in [9.17, 15) is 13.3 Å². The zero-order valence-corrected chi connectivity index (χ0v) is 10.7. The number of hydrogen-bond acceptors (Lipinski definition) is 6. The fourth-order valence-corrected chi connectivity index (χ4v) is 3.18. The van der Waals surface area contributed by atoms with Gasteiger partial charge in [-0.25, -0.2) is 0 Å². The minimum atomic E-state index is -4.06. The average Bonchev–Trinajstić information content (AvgIpc) is 2.41. The molecule has 1 heterocycles. The highest BCUT2D eigenvalue weighted by Gasteiger charge is 2.33. The first-order valence-electron chi connectivity index (χ1n) is 3.44. The van der Waals surface area contributed by atoms with E-state index in [-0.39, 0.29) is 21.7 Å². The van der Waals surface area contributed by atoms with Crippen LogP contribution in [0.1, 0.15) is 0 Å². The van der Waals surface area contributed by atoms with E-state index in [4.69, 9.17) is 0 Å². The summed E-state index contributed by atoms with van der Waals surface area (Å²) in [4.78, 5) is 10.5. The molecule has 0 amide bonds. The summed E-state index contributed by atoms with van der Waals surface area (Å²) in [6.07, 6.45) is 0. The number of halogens is 2. The molecule has 0 fully saturated rings. The van der Waals surface area contributed by atoms with Crippen molar-refractivity contribution < 1.29 is 16.8 Å². The molecule has 0 aromatic heterocycles. The molecule has 1 aromatic rings. The van der Waals surface area contributed by atoms with Gasteiger partial charge in [-0.3, -0.25) is 0 Å². The van der Waals surface area contributed by atoms with Gasteiger partial charge >= 0.3 is 10.4 Å². The van der Waals surface area contributed by atoms with Gasteiger partial charge in [0.1, 0.15) is 5.69 Å². The van der Waals surface area contributed by atoms with Crippen LogP contribution in [0.15, 0.2) is 20.2 Å². The van der Waals surface area contributed by atoms with Gasteiger partial charge in [0.25, 0.3) is 0 Å². The Morgan fingerprint density at radius 1 is 1.27 bits per heavy atom. The van der Waals surface area contributed by atoms with Crippen molar-refractivity contribution in [3.05, 3.63) is 19.9 Å². The van der Waals surface area contributed by atoms with Crippen molar-refractivity contribution in [2.45, 2.75) is 0 Å². The fraction of sp³-hybridized carbons (Fsp3) is 0. The Hall–Kier alpha value is -0.670. The number of nitroso groups, excluding NO2 is 1. The largest absolute Gasteiger partial charge is 0.501 e. The molecule has 0 saturated heterocycles. The maximum atomic E-state index is 11.0. The Balaban J connectivity index is 2.72. The predicted molar refractivity (Wildman–Crippen MR) is 57.5 cm³/mol. The highest BCUT2D eigenvalue weighted by atomic mass is 79.9. The van der Waals surface area contributed by atoms with E-state index in [0.717, 1.165) is 0 Å². The summed E-state index contributed by atoms with van der Waals surface area (Å²) in [5.74, 6) is -0.0750. The molecule has 80 valence electrons. The number of fused-ring (bicyclic) bond motifs is 1. The lowest BCUT2D eigenvalue weighted by Crippen LogP contribution is -2.08. The van der Waals surface area contributed by atoms with E-state index in [1.807, 2.05) is 0 Å². The summed E-state index contributed by atoms with van der Waals surface area (Å²) in [6.45, 7) is 0. The van der Waals surface area contributed by atoms with Crippen molar-refractivity contribution in [2.24, 2.45) is 5.18 Å². The van der Waals surface area contributed by atoms with Crippen LogP contribution in [0.3, 0.4) is 0 Å². The summed E-state index contributed by atoms with van der Waals surface area (Å²) in [5, 5.41) is 2.72. The minimum absolute atomic E-state index is 0.00106. The van der Waals surface area contributed by atoms with Gasteiger partial charge in [0.2, 0.25) is 5.75 Å². The van der Waals surface area contributed by atoms with Gasteiger partial charge in [0, 0.05) is 6.07 Å². The zero-order valence-electron chi connectivity index (χ0n) is 6.73. The molecule has 0 bridgehead atoms. The molecule has 1 aromatic carbocycles. The first-order chi connectivity index (χ1) is 6.94. The SMILES string of the molecule is O=Nc1c(Br)cc2c(c1Br)OS(=O)(=O)O2. The van der Waals surface area contributed by atoms with Gasteiger partial charge in [-0.15, -0.1) is 13.3 Å². The van der Waals surface area contributed by atoms with Crippen molar-refractivity contribution in [1.29, 1.82) is 0 Å². The van der Waals surface area contributed by atoms with Crippen LogP contribution in [0.5, 0.6) is 11.5 Å². The molecular formula is C6HBr2NO5S. The molecule has 0 aliphatic carbocycles. The Morgan fingerprint density at radius 3 is 2.53 bits per heavy atom. The second-order valence-corrected chi connectivity index (χ2v) is 5.31. The number of nitrogens with zero attached hydrogens (tertiary/aromatic N) is 1. The smallest absolute Gasteiger partial charge is 0.349 e. The summed E-state index contributed by atoms with van der Waals surface area (Å²) in [5.41, 5.74) is 0.00875. The Bertz CT molecular complexity index is 555. The van der Waals surface area contributed by atoms with Crippen LogP contribution in [-0.2, 0) is 10.4 Å². The van der Waals surface area contributed by atoms with Gasteiger partial charge in [0.05, 0.1) is 8.95 Å². The summed E-state index contributed by atoms with van der Waals surface area (Å²) in [7, 11) is -4.06. The van der Waals surface area contributed by atoms with Crippen LogP contribution in [-0.4, -0.2) is 8.42 Å². The number of benzene rings is 1. The zero-order chi connectivity index (χ0) is 11.2. The monoisotopic (exact) mass is 357 g/mol. The third-order valence-electron chi connectivity index (χ3n) is 1.58. The van der Waals surface area contributed by atoms with Gasteiger partial charge < -0.3 is 8.37 Å². The van der Waals surface area contributed by atoms with Crippen molar-refractivity contribution in [3.63, 3.8) is 0 Å². The van der Waals surface area contributed by atoms with E-state index in [1.165, 1.54) is 6.07 Å². The molecule has 0 saturated carbocycles. The molecule has 0 unspecified atom stereocenters. The van der Waals surface area contributed by atoms with Crippen LogP contribution in [0.4, 0.5) is 5.69 Å². The van der Waals surface area contributed by atoms with Crippen molar-refractivity contribution >= 4 is 47.9 Å². The summed E-state index contributed by atoms with van der Waals surface area (Å²) in [6, 6.07) is 1.29. The van der Waals surface area contributed by atoms with Gasteiger partial charge in [-0.1, -0.05) is 0 Å². The molecule has 6 nitrogen and oxygen atoms in total. The Morgan fingerprint density at radius 2 is 1.93 bits per heavy atom. The first kappa shape index (κ1) is 10.8. The lowest BCUT2D eigenvalue weighted by molar-refractivity contribution is 0.436. The molecule has 9 heteroatoms. The van der Waals surface area contributed by atoms with Crippen LogP contribution in [0, 0.1) is 4.91 Å². The molecule has 0 N–H and O–H groups in total. The lowest BCUT2D eigenvalue weighted by Gasteiger charge is -2.00. The topological polar surface area (TPSA) is 82.0 Å². The van der Waals surface area contributed by atoms with E-state index in [1.54, 1.807) is 0 Å². The lowest BCUT2D eigenvalue weighted by atomic mass is 10.3. The van der Waals surface area contributed by atoms with Gasteiger partial charge in [0.15, 0.2) is 5.75 Å². The molecule has 0 atom stereocenters. The maximum Gasteiger partial charge on any atom is 0.501 e. The predicted octanol–water partition coefficient (Wildman–Crippen LogP) is 2.63. The second-order valence-electron chi connectivity index (χ2n) is 2.51. The Kier molecular flexibility index (Phi) is 2.47. The standard InChI is InChI=1S/C6HBr2NO5S/c7-2-1-3-6(4(8)5(2)9-10)14-15(11,12)13-3/h1H. The molecule has 0 spiro atoms. The molecule has 2 rings (SSSR count). The van der Waals surface area contributed by atoms with E-state index < -0.39 is 10.4 Å². The van der Waals surface area contributed by atoms with Crippen LogP contribution in [0.2, 0.25) is 0 Å². The summed E-state index contributed by atoms with van der Waals surface area (Å²) >= 11 is 6.05. The second kappa shape index (κ2) is 3.42. The molecular weight excluding hydrogens is 358 g/mol. The third kappa shape index (κ3) is 1.74. The van der Waals surface area contributed by atoms with Gasteiger partial charge in [-0.2, -0.15) is 0 Å². The van der Waals surface area contributed by atoms with E-state index >= 15 is 0 Å². The van der Waals surface area contributed by atoms with E-state index in [2.05, 4.69) is 45.4 Å². The average molecular weight is 359 g/mol. The van der Waals surface area contributed by atoms with Crippen molar-refractivity contribution in [2.75, 3.05) is 0 Å². The Labute approximate surface area is 101 Å². The molecule has 0 radical (unpaired) electrons. The first-order valence-corrected chi connectivity index (χ1v) is 6.36.